The number of aryl methyl sites for hydroxylation is 4. The van der Waals surface area contributed by atoms with Crippen LogP contribution < -0.4 is 10.9 Å². The summed E-state index contributed by atoms with van der Waals surface area (Å²) in [6.07, 6.45) is 0. The van der Waals surface area contributed by atoms with Gasteiger partial charge in [0.15, 0.2) is 0 Å². The monoisotopic (exact) mass is 3890 g/mol. The van der Waals surface area contributed by atoms with Gasteiger partial charge in [-0.3, -0.25) is 24.3 Å². The van der Waals surface area contributed by atoms with E-state index in [0.29, 0.717) is 11.0 Å². The molecule has 18 aromatic rings. The molecular formula is C118H78B2O4Y26-24. The minimum absolute atomic E-state index is 0. The number of fused-ring (bicyclic) bond motifs is 8. The summed E-state index contributed by atoms with van der Waals surface area (Å²) in [7, 11) is -1.86. The van der Waals surface area contributed by atoms with Crippen LogP contribution in [-0.2, 0) is 860 Å². The summed E-state index contributed by atoms with van der Waals surface area (Å²) in [6, 6.07) is 181. The van der Waals surface area contributed by atoms with E-state index in [-0.39, 0.29) is 869 Å². The third kappa shape index (κ3) is 54.3. The van der Waals surface area contributed by atoms with Crippen LogP contribution in [0.5, 0.6) is 0 Å². The van der Waals surface area contributed by atoms with Crippen molar-refractivity contribution in [1.82, 2.24) is 0 Å². The minimum Gasteiger partial charge on any atom is -0.432 e. The molecule has 1 aliphatic carbocycles. The van der Waals surface area contributed by atoms with Gasteiger partial charge in [-0.05, 0) is 27.7 Å². The molecule has 1 heterocycles. The van der Waals surface area contributed by atoms with Gasteiger partial charge in [-0.25, -0.2) is 260 Å². The Bertz CT molecular complexity index is 6180. The van der Waals surface area contributed by atoms with Crippen molar-refractivity contribution in [2.75, 3.05) is 0 Å². The molecule has 150 heavy (non-hydrogen) atoms. The van der Waals surface area contributed by atoms with E-state index in [9.17, 15) is 10.0 Å². The molecule has 32 heteroatoms. The maximum Gasteiger partial charge on any atom is 0.426 e. The van der Waals surface area contributed by atoms with E-state index in [2.05, 4.69) is 237 Å². The van der Waals surface area contributed by atoms with Gasteiger partial charge in [0.1, 0.15) is 0 Å². The van der Waals surface area contributed by atoms with Gasteiger partial charge in [0.2, 0.25) is 0 Å². The molecule has 1 fully saturated rings. The summed E-state index contributed by atoms with van der Waals surface area (Å²) >= 11 is 0. The Labute approximate surface area is 1550 Å². The standard InChI is InChI=1S/C25H15.C25H14.C24H10.C18H19BO2.C14H11.C12H9BO2.26Y/c2*1-19-11-5-6-14-21(19)23-16-9-10-18-25(23)24-17-8-7-15-22(24)20-12-3-2-4-13-20;1-2-10-18-17(9-1)19-11-3-4-13-21(19)23-15-7-8-16-24(23)22-14-6-5-12-20(18)22;1-17(2)18(3,4)21-19(20-17)16-13-9-8-12-15(16)14-10-6-5-7-11-14;1-11-7-3-5-9-13(11)14-10-6-4-8-12(14)2;14-13(15)12-9-5-4-8-11(12)10-6-2-1-3-7-10;;;;;;;;;;;;;;;;;;;;;;;;;;/h2-12,17H,1H3;2-12H,1H3;1-9,11H;5-10,13H,1-4H3;3-7H,1-2H3;1-6,9,14-15H;;;;;;;;;;;;;;;;;;;;;;;;;;/q-5;2*-6;-2;-3;-2;;;;;;;;;;;;;;;;;;;;;;;;;;. The maximum absolute atomic E-state index is 9.19. The van der Waals surface area contributed by atoms with Crippen LogP contribution in [0, 0.1) is 173 Å². The van der Waals surface area contributed by atoms with Gasteiger partial charge in [0.25, 0.3) is 0 Å². The van der Waals surface area contributed by atoms with Crippen molar-refractivity contribution >= 4 is 25.2 Å². The number of hydrogen-bond acceptors (Lipinski definition) is 4. The predicted molar refractivity (Wildman–Crippen MR) is 499 cm³/mol. The Hall–Kier alpha value is 14.6. The summed E-state index contributed by atoms with van der Waals surface area (Å²) in [6.45, 7) is 16.6. The van der Waals surface area contributed by atoms with Gasteiger partial charge in [-0.1, -0.05) is 27.7 Å². The van der Waals surface area contributed by atoms with Crippen LogP contribution in [0.2, 0.25) is 0 Å². The van der Waals surface area contributed by atoms with Crippen LogP contribution in [0.4, 0.5) is 0 Å². The normalized spacial score (nSPS) is 10.1. The van der Waals surface area contributed by atoms with Crippen LogP contribution in [0.1, 0.15) is 49.9 Å². The average Bonchev–Trinajstić information content (AvgIpc) is 1.35. The molecule has 0 unspecified atom stereocenters. The van der Waals surface area contributed by atoms with Crippen LogP contribution in [0.15, 0.2) is 315 Å². The second-order valence-electron chi connectivity index (χ2n) is 30.1. The maximum atomic E-state index is 9.19. The van der Waals surface area contributed by atoms with E-state index < -0.39 is 7.12 Å². The Morgan fingerprint density at radius 2 is 0.407 bits per heavy atom. The molecule has 0 bridgehead atoms. The molecular weight excluding hydrogens is 3810 g/mol. The fraction of sp³-hybridized carbons (Fsp3) is 0.0847. The zero-order valence-electron chi connectivity index (χ0n) is 84.9. The third-order valence-electron chi connectivity index (χ3n) is 21.5. The molecule has 0 atom stereocenters. The molecule has 1 saturated heterocycles. The summed E-state index contributed by atoms with van der Waals surface area (Å²) in [5.41, 5.74) is 31.5. The Morgan fingerprint density at radius 1 is 0.187 bits per heavy atom. The molecule has 2 N–H and O–H groups in total. The fourth-order valence-corrected chi connectivity index (χ4v) is 14.6. The van der Waals surface area contributed by atoms with Gasteiger partial charge in [0, 0.05) is 850 Å². The Balaban J connectivity index is -0.000000149. The average molecular weight is 3890 g/mol. The van der Waals surface area contributed by atoms with Crippen molar-refractivity contribution in [3.63, 3.8) is 0 Å². The van der Waals surface area contributed by atoms with Gasteiger partial charge in [-0.2, -0.15) is 270 Å². The van der Waals surface area contributed by atoms with Gasteiger partial charge < -0.3 is 19.4 Å². The van der Waals surface area contributed by atoms with Gasteiger partial charge in [-0.15, -0.1) is 83.7 Å². The van der Waals surface area contributed by atoms with E-state index >= 15 is 0 Å². The molecule has 2 aliphatic rings. The summed E-state index contributed by atoms with van der Waals surface area (Å²) in [5, 5.41) is 18.4. The fourth-order valence-electron chi connectivity index (χ4n) is 14.6. The molecule has 0 amide bonds. The van der Waals surface area contributed by atoms with Gasteiger partial charge >= 0.3 is 14.2 Å². The molecule has 1 aliphatic heterocycles. The van der Waals surface area contributed by atoms with Crippen molar-refractivity contribution in [1.29, 1.82) is 0 Å². The van der Waals surface area contributed by atoms with Crippen LogP contribution in [-0.4, -0.2) is 35.5 Å². The second kappa shape index (κ2) is 101. The Kier molecular flexibility index (Phi) is 128. The third-order valence-corrected chi connectivity index (χ3v) is 21.5. The first-order chi connectivity index (χ1) is 60.6. The summed E-state index contributed by atoms with van der Waals surface area (Å²) < 4.78 is 12.3. The van der Waals surface area contributed by atoms with E-state index in [1.807, 2.05) is 256 Å². The molecule has 20 rings (SSSR count). The number of hydrogen-bond donors (Lipinski definition) is 2. The number of benzene rings is 18. The molecule has 18 aromatic carbocycles. The smallest absolute Gasteiger partial charge is 0.426 e. The summed E-state index contributed by atoms with van der Waals surface area (Å²) in [5.74, 6) is 0. The van der Waals surface area contributed by atoms with Crippen molar-refractivity contribution < 1.29 is 870 Å². The molecule has 4 nitrogen and oxygen atoms in total. The first kappa shape index (κ1) is 189. The number of rotatable bonds is 11. The van der Waals surface area contributed by atoms with Crippen LogP contribution >= 0.6 is 0 Å². The minimum atomic E-state index is -1.48. The molecule has 0 aromatic heterocycles. The van der Waals surface area contributed by atoms with Crippen LogP contribution in [0.25, 0.3) is 145 Å². The van der Waals surface area contributed by atoms with E-state index in [4.69, 9.17) is 9.31 Å². The predicted octanol–water partition coefficient (Wildman–Crippen LogP) is 24.5. The van der Waals surface area contributed by atoms with Crippen molar-refractivity contribution in [3.05, 3.63) is 483 Å². The van der Waals surface area contributed by atoms with Crippen LogP contribution in [0.3, 0.4) is 0 Å². The van der Waals surface area contributed by atoms with E-state index in [1.165, 1.54) is 11.1 Å². The van der Waals surface area contributed by atoms with Crippen molar-refractivity contribution in [3.8, 4) is 145 Å². The van der Waals surface area contributed by atoms with Crippen molar-refractivity contribution in [2.24, 2.45) is 0 Å². The van der Waals surface area contributed by atoms with Crippen molar-refractivity contribution in [2.45, 2.75) is 66.6 Å². The molecule has 0 saturated carbocycles. The summed E-state index contributed by atoms with van der Waals surface area (Å²) in [4.78, 5) is 0. The van der Waals surface area contributed by atoms with E-state index in [0.717, 1.165) is 156 Å². The first-order valence-corrected chi connectivity index (χ1v) is 40.7. The zero-order chi connectivity index (χ0) is 85.8. The molecule has 682 valence electrons. The largest absolute Gasteiger partial charge is 0.432 e. The van der Waals surface area contributed by atoms with E-state index in [1.54, 1.807) is 24.3 Å². The SMILES string of the molecule is CC1(C)OB(c2ccc[c-]c2-c2[c-]cccc2)OC1(C)C.Cc1[c-]cc[c-]c1-c1[c-]cccc1C.Cc1ccc[c-]c1-c1[c-]cc[c-]c1-c1[c-]cc[c-]c1-c1[c-]cccc1.Cc1ccc[c-]c1-c1[c-]cc[c-]c1-c1ccc[c-]c1-c1[c-]cccc1.OB(O)c1ccc[c-]c1-c1[c-]cccc1.[Y].[Y].[Y].[Y].[Y].[Y].[Y].[Y].[Y].[Y].[Y].[Y].[Y].[Y].[Y].[Y].[Y].[Y].[Y].[Y].[Y].[Y].[Y].[Y].[Y].[Y].[c-]1cc[c-]c2c1-c1[c-]cc[c-]c1-c1[c-]cccc1-c1ccc[c-]c1-2. The second-order valence-corrected chi connectivity index (χ2v) is 30.1. The quantitative estimate of drug-likeness (QED) is 0.100. The Morgan fingerprint density at radius 3 is 0.740 bits per heavy atom. The topological polar surface area (TPSA) is 58.9 Å². The van der Waals surface area contributed by atoms with Gasteiger partial charge in [0.05, 0.1) is 11.2 Å². The molecule has 26 radical (unpaired) electrons. The first-order valence-electron chi connectivity index (χ1n) is 40.7. The molecule has 0 spiro atoms. The zero-order valence-corrected chi connectivity index (χ0v) is 159.